The first-order valence-electron chi connectivity index (χ1n) is 9.36. The smallest absolute Gasteiger partial charge is 0.203 e. The molecule has 156 valence electrons. The van der Waals surface area contributed by atoms with Crippen LogP contribution in [-0.4, -0.2) is 41.2 Å². The first-order chi connectivity index (χ1) is 13.7. The second kappa shape index (κ2) is 9.37. The Labute approximate surface area is 172 Å². The number of methoxy groups -OCH3 is 3. The zero-order chi connectivity index (χ0) is 21.7. The number of hydrogen-bond donors (Lipinski definition) is 1. The summed E-state index contributed by atoms with van der Waals surface area (Å²) >= 11 is 0. The maximum atomic E-state index is 13.3. The Hall–Kier alpha value is -3.15. The maximum absolute atomic E-state index is 13.3. The van der Waals surface area contributed by atoms with Gasteiger partial charge in [0.15, 0.2) is 17.3 Å². The third-order valence-electron chi connectivity index (χ3n) is 4.67. The zero-order valence-electron chi connectivity index (χ0n) is 18.2. The Kier molecular flexibility index (Phi) is 7.15. The third kappa shape index (κ3) is 4.83. The number of ketones is 1. The van der Waals surface area contributed by atoms with E-state index in [1.165, 1.54) is 21.3 Å². The Bertz CT molecular complexity index is 892. The molecule has 0 aromatic heterocycles. The third-order valence-corrected chi connectivity index (χ3v) is 4.67. The van der Waals surface area contributed by atoms with Gasteiger partial charge in [-0.3, -0.25) is 4.79 Å². The normalized spacial score (nSPS) is 11.4. The first kappa shape index (κ1) is 22.1. The fraction of sp³-hybridized carbons (Fsp3) is 0.348. The second-order valence-electron chi connectivity index (χ2n) is 7.21. The van der Waals surface area contributed by atoms with Crippen LogP contribution in [0.3, 0.4) is 0 Å². The van der Waals surface area contributed by atoms with E-state index < -0.39 is 0 Å². The van der Waals surface area contributed by atoms with Crippen LogP contribution < -0.4 is 24.8 Å². The van der Waals surface area contributed by atoms with Gasteiger partial charge in [0.25, 0.3) is 0 Å². The predicted octanol–water partition coefficient (Wildman–Crippen LogP) is 4.28. The fourth-order valence-electron chi connectivity index (χ4n) is 3.12. The lowest BCUT2D eigenvalue weighted by Crippen LogP contribution is -2.11. The molecule has 0 aliphatic rings. The molecule has 0 spiro atoms. The number of allylic oxidation sites excluding steroid dienone is 1. The largest absolute Gasteiger partial charge is 0.493 e. The minimum absolute atomic E-state index is 0.0105. The number of benzene rings is 2. The van der Waals surface area contributed by atoms with Gasteiger partial charge in [-0.2, -0.15) is 0 Å². The van der Waals surface area contributed by atoms with Crippen molar-refractivity contribution in [3.05, 3.63) is 47.0 Å². The molecule has 0 atom stereocenters. The highest BCUT2D eigenvalue weighted by Crippen LogP contribution is 2.39. The van der Waals surface area contributed by atoms with Crippen molar-refractivity contribution in [3.8, 4) is 17.2 Å². The van der Waals surface area contributed by atoms with Gasteiger partial charge in [-0.25, -0.2) is 0 Å². The van der Waals surface area contributed by atoms with Crippen molar-refractivity contribution in [3.63, 3.8) is 0 Å². The number of nitrogens with zero attached hydrogens (tertiary/aromatic N) is 1. The molecule has 2 N–H and O–H groups in total. The molecule has 0 heterocycles. The van der Waals surface area contributed by atoms with E-state index in [2.05, 4.69) is 0 Å². The number of Topliss-reactive ketones (excluding diaryl/α,β-unsaturated/α-hetero) is 1. The number of anilines is 2. The van der Waals surface area contributed by atoms with E-state index in [9.17, 15) is 4.79 Å². The predicted molar refractivity (Wildman–Crippen MR) is 118 cm³/mol. The van der Waals surface area contributed by atoms with Crippen molar-refractivity contribution in [1.29, 1.82) is 0 Å². The van der Waals surface area contributed by atoms with Crippen LogP contribution >= 0.6 is 0 Å². The topological polar surface area (TPSA) is 74.0 Å². The number of ether oxygens (including phenoxy) is 3. The van der Waals surface area contributed by atoms with Crippen LogP contribution in [0, 0.1) is 5.92 Å². The summed E-state index contributed by atoms with van der Waals surface area (Å²) in [6, 6.07) is 9.12. The summed E-state index contributed by atoms with van der Waals surface area (Å²) < 4.78 is 16.1. The Balaban J connectivity index is 2.52. The van der Waals surface area contributed by atoms with E-state index in [4.69, 9.17) is 19.9 Å². The van der Waals surface area contributed by atoms with E-state index in [0.717, 1.165) is 11.3 Å². The number of carbonyl (C=O) groups excluding carboxylic acids is 1. The summed E-state index contributed by atoms with van der Waals surface area (Å²) in [5.74, 6) is 1.25. The Morgan fingerprint density at radius 2 is 1.59 bits per heavy atom. The maximum Gasteiger partial charge on any atom is 0.203 e. The summed E-state index contributed by atoms with van der Waals surface area (Å²) in [6.45, 7) is 3.97. The lowest BCUT2D eigenvalue weighted by atomic mass is 9.92. The first-order valence-corrected chi connectivity index (χ1v) is 9.36. The molecule has 2 aromatic rings. The molecule has 0 bridgehead atoms. The second-order valence-corrected chi connectivity index (χ2v) is 7.21. The van der Waals surface area contributed by atoms with Gasteiger partial charge in [-0.05, 0) is 41.8 Å². The van der Waals surface area contributed by atoms with Gasteiger partial charge in [0.1, 0.15) is 0 Å². The van der Waals surface area contributed by atoms with Crippen LogP contribution in [0.1, 0.15) is 29.8 Å². The van der Waals surface area contributed by atoms with Crippen LogP contribution in [0.2, 0.25) is 0 Å². The molecule has 0 amide bonds. The molecule has 0 saturated carbocycles. The summed E-state index contributed by atoms with van der Waals surface area (Å²) in [5, 5.41) is 0. The van der Waals surface area contributed by atoms with E-state index in [1.54, 1.807) is 12.1 Å². The molecule has 2 rings (SSSR count). The molecule has 6 heteroatoms. The SMILES string of the molecule is COc1cc(C(=O)C(=Cc2ccc(N(C)C)c(N)c2)C(C)C)cc(OC)c1OC. The van der Waals surface area contributed by atoms with Crippen LogP contribution in [0.25, 0.3) is 6.08 Å². The molecular formula is C23H30N2O4. The summed E-state index contributed by atoms with van der Waals surface area (Å²) in [4.78, 5) is 15.3. The minimum Gasteiger partial charge on any atom is -0.493 e. The summed E-state index contributed by atoms with van der Waals surface area (Å²) in [7, 11) is 8.46. The Morgan fingerprint density at radius 3 is 2.00 bits per heavy atom. The van der Waals surface area contributed by atoms with Gasteiger partial charge in [-0.1, -0.05) is 19.9 Å². The van der Waals surface area contributed by atoms with Crippen LogP contribution in [-0.2, 0) is 0 Å². The van der Waals surface area contributed by atoms with E-state index in [1.807, 2.05) is 57.1 Å². The van der Waals surface area contributed by atoms with Crippen molar-refractivity contribution < 1.29 is 19.0 Å². The molecule has 0 fully saturated rings. The highest BCUT2D eigenvalue weighted by Gasteiger charge is 2.21. The molecule has 29 heavy (non-hydrogen) atoms. The lowest BCUT2D eigenvalue weighted by Gasteiger charge is -2.17. The van der Waals surface area contributed by atoms with Crippen molar-refractivity contribution >= 4 is 23.2 Å². The highest BCUT2D eigenvalue weighted by molar-refractivity contribution is 6.12. The van der Waals surface area contributed by atoms with Gasteiger partial charge in [-0.15, -0.1) is 0 Å². The lowest BCUT2D eigenvalue weighted by molar-refractivity contribution is 0.102. The molecule has 0 radical (unpaired) electrons. The van der Waals surface area contributed by atoms with Crippen molar-refractivity contribution in [2.75, 3.05) is 46.1 Å². The van der Waals surface area contributed by atoms with Gasteiger partial charge < -0.3 is 24.8 Å². The van der Waals surface area contributed by atoms with Crippen molar-refractivity contribution in [1.82, 2.24) is 0 Å². The molecule has 0 unspecified atom stereocenters. The number of hydrogen-bond acceptors (Lipinski definition) is 6. The monoisotopic (exact) mass is 398 g/mol. The van der Waals surface area contributed by atoms with Gasteiger partial charge in [0, 0.05) is 25.2 Å². The average Bonchev–Trinajstić information content (AvgIpc) is 2.69. The zero-order valence-corrected chi connectivity index (χ0v) is 18.2. The number of rotatable bonds is 8. The van der Waals surface area contributed by atoms with Crippen molar-refractivity contribution in [2.45, 2.75) is 13.8 Å². The van der Waals surface area contributed by atoms with E-state index >= 15 is 0 Å². The number of nitrogens with two attached hydrogens (primary N) is 1. The van der Waals surface area contributed by atoms with Gasteiger partial charge in [0.05, 0.1) is 32.7 Å². The minimum atomic E-state index is -0.102. The molecule has 0 aliphatic carbocycles. The molecule has 2 aromatic carbocycles. The quantitative estimate of drug-likeness (QED) is 0.406. The summed E-state index contributed by atoms with van der Waals surface area (Å²) in [5.41, 5.74) is 9.77. The molecule has 0 aliphatic heterocycles. The van der Waals surface area contributed by atoms with Crippen LogP contribution in [0.4, 0.5) is 11.4 Å². The van der Waals surface area contributed by atoms with Crippen molar-refractivity contribution in [2.24, 2.45) is 5.92 Å². The molecule has 6 nitrogen and oxygen atoms in total. The fourth-order valence-corrected chi connectivity index (χ4v) is 3.12. The number of carbonyl (C=O) groups is 1. The Morgan fingerprint density at radius 1 is 1.00 bits per heavy atom. The van der Waals surface area contributed by atoms with Crippen LogP contribution in [0.5, 0.6) is 17.2 Å². The van der Waals surface area contributed by atoms with E-state index in [0.29, 0.717) is 34.1 Å². The average molecular weight is 399 g/mol. The molecule has 0 saturated heterocycles. The highest BCUT2D eigenvalue weighted by atomic mass is 16.5. The summed E-state index contributed by atoms with van der Waals surface area (Å²) in [6.07, 6.45) is 1.88. The van der Waals surface area contributed by atoms with Gasteiger partial charge >= 0.3 is 0 Å². The van der Waals surface area contributed by atoms with E-state index in [-0.39, 0.29) is 11.7 Å². The number of nitrogen functional groups attached to an aromatic ring is 1. The van der Waals surface area contributed by atoms with Crippen LogP contribution in [0.15, 0.2) is 35.9 Å². The molecular weight excluding hydrogens is 368 g/mol. The van der Waals surface area contributed by atoms with Gasteiger partial charge in [0.2, 0.25) is 5.75 Å². The standard InChI is InChI=1S/C23H30N2O4/c1-14(2)17(10-15-8-9-19(25(3)4)18(24)11-15)22(26)16-12-20(27-5)23(29-7)21(13-16)28-6/h8-14H,24H2,1-7H3.